The van der Waals surface area contributed by atoms with Gasteiger partial charge in [-0.15, -0.1) is 0 Å². The number of nitrogens with zero attached hydrogens (tertiary/aromatic N) is 1. The van der Waals surface area contributed by atoms with Gasteiger partial charge in [0.1, 0.15) is 6.61 Å². The molecule has 0 aliphatic rings. The molecule has 0 aromatic heterocycles. The molecule has 0 radical (unpaired) electrons. The van der Waals surface area contributed by atoms with Crippen molar-refractivity contribution in [3.05, 3.63) is 45.4 Å². The summed E-state index contributed by atoms with van der Waals surface area (Å²) in [6.45, 7) is 1.59. The van der Waals surface area contributed by atoms with Gasteiger partial charge in [0, 0.05) is 10.6 Å². The second kappa shape index (κ2) is 6.96. The topological polar surface area (TPSA) is 21.6 Å². The molecule has 0 unspecified atom stereocenters. The molecule has 0 saturated heterocycles. The molecule has 0 atom stereocenters. The van der Waals surface area contributed by atoms with Gasteiger partial charge in [0.15, 0.2) is 0 Å². The van der Waals surface area contributed by atoms with E-state index in [1.54, 1.807) is 11.1 Å². The van der Waals surface area contributed by atoms with Crippen LogP contribution in [-0.2, 0) is 11.0 Å². The SMILES string of the molecule is C/C(=N\OC/C=C/Br)c1cc(Cl)ccc1C(F)(F)F. The lowest BCUT2D eigenvalue weighted by Crippen LogP contribution is -2.12. The monoisotopic (exact) mass is 355 g/mol. The third kappa shape index (κ3) is 4.87. The van der Waals surface area contributed by atoms with Gasteiger partial charge in [0.25, 0.3) is 0 Å². The van der Waals surface area contributed by atoms with Crippen molar-refractivity contribution < 1.29 is 18.0 Å². The predicted octanol–water partition coefficient (Wildman–Crippen LogP) is 5.01. The highest BCUT2D eigenvalue weighted by molar-refractivity contribution is 9.11. The lowest BCUT2D eigenvalue weighted by molar-refractivity contribution is -0.137. The molecule has 0 heterocycles. The van der Waals surface area contributed by atoms with Crippen molar-refractivity contribution in [3.8, 4) is 0 Å². The van der Waals surface area contributed by atoms with Crippen LogP contribution in [0.15, 0.2) is 34.4 Å². The van der Waals surface area contributed by atoms with Crippen molar-refractivity contribution >= 4 is 33.2 Å². The number of hydrogen-bond acceptors (Lipinski definition) is 2. The average Bonchev–Trinajstić information content (AvgIpc) is 2.32. The normalized spacial score (nSPS) is 13.1. The molecule has 0 aliphatic heterocycles. The summed E-state index contributed by atoms with van der Waals surface area (Å²) in [4.78, 5) is 6.43. The molecule has 1 rings (SSSR count). The molecule has 0 bridgehead atoms. The molecule has 0 aliphatic carbocycles. The van der Waals surface area contributed by atoms with Gasteiger partial charge < -0.3 is 4.84 Å². The lowest BCUT2D eigenvalue weighted by Gasteiger charge is -2.12. The predicted molar refractivity (Wildman–Crippen MR) is 72.7 cm³/mol. The third-order valence-electron chi connectivity index (χ3n) is 2.14. The van der Waals surface area contributed by atoms with E-state index in [-0.39, 0.29) is 22.9 Å². The first-order valence-electron chi connectivity index (χ1n) is 5.15. The molecule has 0 N–H and O–H groups in total. The largest absolute Gasteiger partial charge is 0.417 e. The summed E-state index contributed by atoms with van der Waals surface area (Å²) < 4.78 is 38.5. The van der Waals surface area contributed by atoms with E-state index in [9.17, 15) is 13.2 Å². The van der Waals surface area contributed by atoms with Gasteiger partial charge in [0.2, 0.25) is 0 Å². The van der Waals surface area contributed by atoms with Crippen LogP contribution in [0.5, 0.6) is 0 Å². The second-order valence-electron chi connectivity index (χ2n) is 3.52. The molecule has 0 spiro atoms. The fraction of sp³-hybridized carbons (Fsp3) is 0.250. The molecular weight excluding hydrogens is 346 g/mol. The number of hydrogen-bond donors (Lipinski definition) is 0. The smallest absolute Gasteiger partial charge is 0.391 e. The van der Waals surface area contributed by atoms with E-state index in [0.29, 0.717) is 0 Å². The van der Waals surface area contributed by atoms with Crippen molar-refractivity contribution in [2.75, 3.05) is 6.61 Å². The van der Waals surface area contributed by atoms with E-state index >= 15 is 0 Å². The van der Waals surface area contributed by atoms with E-state index in [0.717, 1.165) is 6.07 Å². The summed E-state index contributed by atoms with van der Waals surface area (Å²) in [5.41, 5.74) is -0.779. The van der Waals surface area contributed by atoms with Gasteiger partial charge in [-0.1, -0.05) is 32.7 Å². The van der Waals surface area contributed by atoms with Gasteiger partial charge in [0.05, 0.1) is 11.3 Å². The maximum atomic E-state index is 12.8. The Labute approximate surface area is 122 Å². The van der Waals surface area contributed by atoms with Gasteiger partial charge in [-0.2, -0.15) is 13.2 Å². The zero-order chi connectivity index (χ0) is 14.5. The number of alkyl halides is 3. The standard InChI is InChI=1S/C12H10BrClF3NO/c1-8(18-19-6-2-5-13)10-7-9(14)3-4-11(10)12(15,16)17/h2-5,7H,6H2,1H3/b5-2+,18-8+. The highest BCUT2D eigenvalue weighted by Gasteiger charge is 2.34. The lowest BCUT2D eigenvalue weighted by atomic mass is 10.0. The van der Waals surface area contributed by atoms with Gasteiger partial charge in [-0.05, 0) is 36.2 Å². The van der Waals surface area contributed by atoms with Gasteiger partial charge in [-0.25, -0.2) is 0 Å². The van der Waals surface area contributed by atoms with Crippen molar-refractivity contribution in [1.82, 2.24) is 0 Å². The van der Waals surface area contributed by atoms with Crippen molar-refractivity contribution in [1.29, 1.82) is 0 Å². The van der Waals surface area contributed by atoms with Crippen LogP contribution in [0.3, 0.4) is 0 Å². The number of oxime groups is 1. The molecule has 0 saturated carbocycles. The molecule has 19 heavy (non-hydrogen) atoms. The van der Waals surface area contributed by atoms with Crippen molar-refractivity contribution in [2.24, 2.45) is 5.16 Å². The Bertz CT molecular complexity index is 500. The zero-order valence-corrected chi connectivity index (χ0v) is 12.2. The Balaban J connectivity index is 3.07. The van der Waals surface area contributed by atoms with Crippen LogP contribution in [-0.4, -0.2) is 12.3 Å². The molecule has 7 heteroatoms. The molecule has 2 nitrogen and oxygen atoms in total. The van der Waals surface area contributed by atoms with Gasteiger partial charge >= 0.3 is 6.18 Å². The van der Waals surface area contributed by atoms with E-state index < -0.39 is 11.7 Å². The minimum atomic E-state index is -4.47. The number of halogens is 5. The van der Waals surface area contributed by atoms with Crippen LogP contribution in [0.4, 0.5) is 13.2 Å². The number of benzene rings is 1. The highest BCUT2D eigenvalue weighted by Crippen LogP contribution is 2.33. The average molecular weight is 357 g/mol. The second-order valence-corrected chi connectivity index (χ2v) is 4.49. The maximum Gasteiger partial charge on any atom is 0.417 e. The Hall–Kier alpha value is -1.01. The van der Waals surface area contributed by atoms with Crippen LogP contribution >= 0.6 is 27.5 Å². The summed E-state index contributed by atoms with van der Waals surface area (Å²) in [5, 5.41) is 3.84. The van der Waals surface area contributed by atoms with Crippen LogP contribution in [0, 0.1) is 0 Å². The summed E-state index contributed by atoms with van der Waals surface area (Å²) in [6, 6.07) is 3.33. The first-order valence-corrected chi connectivity index (χ1v) is 6.44. The fourth-order valence-electron chi connectivity index (χ4n) is 1.33. The summed E-state index contributed by atoms with van der Waals surface area (Å²) in [7, 11) is 0. The van der Waals surface area contributed by atoms with Crippen LogP contribution in [0.1, 0.15) is 18.1 Å². The summed E-state index contributed by atoms with van der Waals surface area (Å²) in [6.07, 6.45) is -2.86. The van der Waals surface area contributed by atoms with Gasteiger partial charge in [-0.3, -0.25) is 0 Å². The van der Waals surface area contributed by atoms with Crippen molar-refractivity contribution in [3.63, 3.8) is 0 Å². The van der Waals surface area contributed by atoms with E-state index in [1.807, 2.05) is 0 Å². The summed E-state index contributed by atoms with van der Waals surface area (Å²) >= 11 is 8.75. The quantitative estimate of drug-likeness (QED) is 0.422. The molecular formula is C12H10BrClF3NO. The molecule has 1 aromatic carbocycles. The molecule has 0 fully saturated rings. The Kier molecular flexibility index (Phi) is 5.87. The van der Waals surface area contributed by atoms with E-state index in [4.69, 9.17) is 16.4 Å². The summed E-state index contributed by atoms with van der Waals surface area (Å²) in [5.74, 6) is 0. The van der Waals surface area contributed by atoms with E-state index in [2.05, 4.69) is 21.1 Å². The third-order valence-corrected chi connectivity index (χ3v) is 2.75. The molecule has 104 valence electrons. The first kappa shape index (κ1) is 16.0. The van der Waals surface area contributed by atoms with Crippen molar-refractivity contribution in [2.45, 2.75) is 13.1 Å². The minimum absolute atomic E-state index is 0.0946. The first-order chi connectivity index (χ1) is 8.86. The van der Waals surface area contributed by atoms with E-state index in [1.165, 1.54) is 19.1 Å². The van der Waals surface area contributed by atoms with Crippen LogP contribution in [0.25, 0.3) is 0 Å². The Morgan fingerprint density at radius 2 is 2.16 bits per heavy atom. The maximum absolute atomic E-state index is 12.8. The highest BCUT2D eigenvalue weighted by atomic mass is 79.9. The molecule has 0 amide bonds. The van der Waals surface area contributed by atoms with Crippen LogP contribution in [0.2, 0.25) is 5.02 Å². The Morgan fingerprint density at radius 3 is 2.74 bits per heavy atom. The minimum Gasteiger partial charge on any atom is -0.391 e. The zero-order valence-electron chi connectivity index (χ0n) is 9.84. The van der Waals surface area contributed by atoms with Crippen LogP contribution < -0.4 is 0 Å². The number of rotatable bonds is 4. The Morgan fingerprint density at radius 1 is 1.47 bits per heavy atom. The molecule has 1 aromatic rings. The fourth-order valence-corrected chi connectivity index (χ4v) is 1.65.